The first kappa shape index (κ1) is 21.5. The van der Waals surface area contributed by atoms with E-state index < -0.39 is 0 Å². The zero-order valence-corrected chi connectivity index (χ0v) is 19.8. The highest BCUT2D eigenvalue weighted by molar-refractivity contribution is 5.88. The monoisotopic (exact) mass is 432 g/mol. The molecule has 170 valence electrons. The van der Waals surface area contributed by atoms with Gasteiger partial charge in [-0.2, -0.15) is 10.4 Å². The summed E-state index contributed by atoms with van der Waals surface area (Å²) in [5.41, 5.74) is 3.31. The Labute approximate surface area is 191 Å². The number of benzene rings is 1. The number of amides is 1. The maximum absolute atomic E-state index is 13.8. The standard InChI is InChI=1S/C27H36N4O/c1-27(2,26-25-22(19-12-13-19)10-5-11-23(25)30(3)29-26)17-24(32)31-20-8-4-7-18(15-20)16-21(31)9-6-14-28/h5,10-11,18-21H,4,6-9,12-13,15-17H2,1-3H3. The molecule has 2 bridgehead atoms. The van der Waals surface area contributed by atoms with E-state index in [2.05, 4.69) is 43.0 Å². The number of likely N-dealkylation sites (tertiary alicyclic amines) is 1. The molecule has 32 heavy (non-hydrogen) atoms. The van der Waals surface area contributed by atoms with E-state index in [1.165, 1.54) is 42.1 Å². The fourth-order valence-corrected chi connectivity index (χ4v) is 6.52. The van der Waals surface area contributed by atoms with Crippen LogP contribution in [0.15, 0.2) is 18.2 Å². The normalized spacial score (nSPS) is 25.7. The summed E-state index contributed by atoms with van der Waals surface area (Å²) in [6.45, 7) is 4.38. The van der Waals surface area contributed by atoms with Crippen molar-refractivity contribution in [2.45, 2.75) is 101 Å². The predicted molar refractivity (Wildman–Crippen MR) is 126 cm³/mol. The summed E-state index contributed by atoms with van der Waals surface area (Å²) in [5.74, 6) is 1.63. The number of carbonyl (C=O) groups is 1. The Morgan fingerprint density at radius 1 is 1.22 bits per heavy atom. The average molecular weight is 433 g/mol. The van der Waals surface area contributed by atoms with E-state index >= 15 is 0 Å². The molecule has 5 rings (SSSR count). The second-order valence-electron chi connectivity index (χ2n) is 11.1. The van der Waals surface area contributed by atoms with E-state index in [1.807, 2.05) is 11.7 Å². The number of carbonyl (C=O) groups excluding carboxylic acids is 1. The van der Waals surface area contributed by atoms with E-state index in [4.69, 9.17) is 5.10 Å². The number of aromatic nitrogens is 2. The molecule has 1 aromatic heterocycles. The lowest BCUT2D eigenvalue weighted by molar-refractivity contribution is -0.142. The van der Waals surface area contributed by atoms with Crippen LogP contribution in [0.25, 0.3) is 10.9 Å². The van der Waals surface area contributed by atoms with Gasteiger partial charge >= 0.3 is 0 Å². The molecule has 2 aliphatic carbocycles. The Kier molecular flexibility index (Phi) is 5.51. The molecule has 3 aliphatic rings. The smallest absolute Gasteiger partial charge is 0.224 e. The lowest BCUT2D eigenvalue weighted by Gasteiger charge is -2.49. The van der Waals surface area contributed by atoms with Crippen molar-refractivity contribution in [2.75, 3.05) is 0 Å². The molecule has 1 saturated heterocycles. The molecule has 3 unspecified atom stereocenters. The van der Waals surface area contributed by atoms with Gasteiger partial charge in [0.15, 0.2) is 0 Å². The summed E-state index contributed by atoms with van der Waals surface area (Å²) in [6.07, 6.45) is 10.2. The molecule has 0 spiro atoms. The highest BCUT2D eigenvalue weighted by atomic mass is 16.2. The Morgan fingerprint density at radius 3 is 2.78 bits per heavy atom. The fourth-order valence-electron chi connectivity index (χ4n) is 6.52. The highest BCUT2D eigenvalue weighted by Gasteiger charge is 2.42. The Hall–Kier alpha value is -2.35. The van der Waals surface area contributed by atoms with Crippen LogP contribution in [-0.4, -0.2) is 32.7 Å². The van der Waals surface area contributed by atoms with Crippen LogP contribution in [-0.2, 0) is 17.3 Å². The van der Waals surface area contributed by atoms with Gasteiger partial charge in [0.25, 0.3) is 0 Å². The summed E-state index contributed by atoms with van der Waals surface area (Å²) >= 11 is 0. The van der Waals surface area contributed by atoms with Crippen molar-refractivity contribution < 1.29 is 4.79 Å². The molecular weight excluding hydrogens is 396 g/mol. The molecule has 5 heteroatoms. The van der Waals surface area contributed by atoms with Gasteiger partial charge in [-0.1, -0.05) is 38.8 Å². The maximum atomic E-state index is 13.8. The van der Waals surface area contributed by atoms with Crippen LogP contribution in [0, 0.1) is 17.2 Å². The average Bonchev–Trinajstić information content (AvgIpc) is 3.54. The van der Waals surface area contributed by atoms with Crippen LogP contribution in [0.2, 0.25) is 0 Å². The zero-order valence-electron chi connectivity index (χ0n) is 19.8. The number of rotatable bonds is 6. The summed E-state index contributed by atoms with van der Waals surface area (Å²) in [4.78, 5) is 16.1. The van der Waals surface area contributed by atoms with Crippen molar-refractivity contribution in [3.8, 4) is 6.07 Å². The van der Waals surface area contributed by atoms with Crippen LogP contribution in [0.1, 0.15) is 95.2 Å². The Morgan fingerprint density at radius 2 is 2.03 bits per heavy atom. The summed E-state index contributed by atoms with van der Waals surface area (Å²) in [6, 6.07) is 9.45. The molecular formula is C27H36N4O. The van der Waals surface area contributed by atoms with Gasteiger partial charge in [-0.3, -0.25) is 9.48 Å². The van der Waals surface area contributed by atoms with Crippen LogP contribution in [0.5, 0.6) is 0 Å². The van der Waals surface area contributed by atoms with E-state index in [0.717, 1.165) is 37.3 Å². The summed E-state index contributed by atoms with van der Waals surface area (Å²) < 4.78 is 1.99. The first-order valence-corrected chi connectivity index (χ1v) is 12.5. The molecule has 0 N–H and O–H groups in total. The Bertz CT molecular complexity index is 1060. The topological polar surface area (TPSA) is 61.9 Å². The van der Waals surface area contributed by atoms with Crippen LogP contribution in [0.4, 0.5) is 0 Å². The first-order chi connectivity index (χ1) is 15.4. The third-order valence-corrected chi connectivity index (χ3v) is 8.19. The SMILES string of the molecule is Cn1nc(C(C)(C)CC(=O)N2C(CCC#N)CC3CCCC2C3)c2c(C3CC3)cccc21. The Balaban J connectivity index is 1.45. The number of fused-ring (bicyclic) bond motifs is 3. The van der Waals surface area contributed by atoms with Crippen molar-refractivity contribution in [3.63, 3.8) is 0 Å². The second kappa shape index (κ2) is 8.21. The minimum Gasteiger partial charge on any atom is -0.337 e. The van der Waals surface area contributed by atoms with E-state index in [-0.39, 0.29) is 17.4 Å². The van der Waals surface area contributed by atoms with Gasteiger partial charge in [0, 0.05) is 42.8 Å². The van der Waals surface area contributed by atoms with Gasteiger partial charge in [-0.25, -0.2) is 0 Å². The molecule has 3 fully saturated rings. The predicted octanol–water partition coefficient (Wildman–Crippen LogP) is 5.58. The number of hydrogen-bond acceptors (Lipinski definition) is 3. The van der Waals surface area contributed by atoms with Gasteiger partial charge in [-0.05, 0) is 62.0 Å². The second-order valence-corrected chi connectivity index (χ2v) is 11.1. The first-order valence-electron chi connectivity index (χ1n) is 12.5. The van der Waals surface area contributed by atoms with Gasteiger partial charge in [-0.15, -0.1) is 0 Å². The van der Waals surface area contributed by atoms with Crippen molar-refractivity contribution in [1.82, 2.24) is 14.7 Å². The van der Waals surface area contributed by atoms with Gasteiger partial charge in [0.1, 0.15) is 0 Å². The molecule has 3 atom stereocenters. The number of piperidine rings is 1. The van der Waals surface area contributed by atoms with Gasteiger partial charge < -0.3 is 4.90 Å². The quantitative estimate of drug-likeness (QED) is 0.598. The third kappa shape index (κ3) is 3.83. The van der Waals surface area contributed by atoms with Crippen molar-refractivity contribution >= 4 is 16.8 Å². The number of nitriles is 1. The van der Waals surface area contributed by atoms with Crippen LogP contribution in [0.3, 0.4) is 0 Å². The number of aryl methyl sites for hydroxylation is 1. The lowest BCUT2D eigenvalue weighted by atomic mass is 9.74. The largest absolute Gasteiger partial charge is 0.337 e. The maximum Gasteiger partial charge on any atom is 0.224 e. The summed E-state index contributed by atoms with van der Waals surface area (Å²) in [5, 5.41) is 15.4. The van der Waals surface area contributed by atoms with E-state index in [9.17, 15) is 10.1 Å². The van der Waals surface area contributed by atoms with E-state index in [1.54, 1.807) is 0 Å². The van der Waals surface area contributed by atoms with E-state index in [0.29, 0.717) is 24.8 Å². The van der Waals surface area contributed by atoms with Gasteiger partial charge in [0.2, 0.25) is 5.91 Å². The molecule has 1 aliphatic heterocycles. The van der Waals surface area contributed by atoms with Crippen LogP contribution < -0.4 is 0 Å². The third-order valence-electron chi connectivity index (χ3n) is 8.19. The molecule has 2 saturated carbocycles. The van der Waals surface area contributed by atoms with Crippen molar-refractivity contribution in [2.24, 2.45) is 13.0 Å². The molecule has 0 radical (unpaired) electrons. The van der Waals surface area contributed by atoms with Crippen molar-refractivity contribution in [1.29, 1.82) is 5.26 Å². The highest BCUT2D eigenvalue weighted by Crippen LogP contribution is 2.46. The molecule has 2 aromatic rings. The number of hydrogen-bond donors (Lipinski definition) is 0. The minimum absolute atomic E-state index is 0.226. The molecule has 2 heterocycles. The zero-order chi connectivity index (χ0) is 22.5. The minimum atomic E-state index is -0.340. The molecule has 5 nitrogen and oxygen atoms in total. The summed E-state index contributed by atoms with van der Waals surface area (Å²) in [7, 11) is 2.02. The molecule has 1 aromatic carbocycles. The van der Waals surface area contributed by atoms with Gasteiger partial charge in [0.05, 0.1) is 17.3 Å². The lowest BCUT2D eigenvalue weighted by Crippen LogP contribution is -2.54. The van der Waals surface area contributed by atoms with Crippen LogP contribution >= 0.6 is 0 Å². The van der Waals surface area contributed by atoms with Crippen molar-refractivity contribution in [3.05, 3.63) is 29.5 Å². The number of nitrogens with zero attached hydrogens (tertiary/aromatic N) is 4. The fraction of sp³-hybridized carbons (Fsp3) is 0.667. The molecule has 1 amide bonds.